The molecule has 0 amide bonds. The van der Waals surface area contributed by atoms with Crippen molar-refractivity contribution in [2.75, 3.05) is 7.11 Å². The number of ether oxygens (including phenoxy) is 1. The van der Waals surface area contributed by atoms with Crippen molar-refractivity contribution in [3.63, 3.8) is 0 Å². The summed E-state index contributed by atoms with van der Waals surface area (Å²) in [4.78, 5) is 0. The smallest absolute Gasteiger partial charge is 0.120 e. The maximum Gasteiger partial charge on any atom is 0.120 e. The Morgan fingerprint density at radius 1 is 1.11 bits per heavy atom. The van der Waals surface area contributed by atoms with Gasteiger partial charge in [0.15, 0.2) is 0 Å². The van der Waals surface area contributed by atoms with Crippen molar-refractivity contribution < 1.29 is 4.74 Å². The Morgan fingerprint density at radius 2 is 1.78 bits per heavy atom. The zero-order valence-electron chi connectivity index (χ0n) is 10.3. The fourth-order valence-electron chi connectivity index (χ4n) is 1.76. The minimum Gasteiger partial charge on any atom is -0.497 e. The molecule has 0 N–H and O–H groups in total. The van der Waals surface area contributed by atoms with Gasteiger partial charge in [-0.05, 0) is 30.2 Å². The number of rotatable bonds is 3. The molecule has 18 heavy (non-hydrogen) atoms. The molecule has 0 aliphatic rings. The summed E-state index contributed by atoms with van der Waals surface area (Å²) in [6, 6.07) is 14.1. The van der Waals surface area contributed by atoms with Crippen molar-refractivity contribution in [1.82, 2.24) is 0 Å². The molecule has 2 aromatic rings. The fourth-order valence-corrected chi connectivity index (χ4v) is 2.81. The summed E-state index contributed by atoms with van der Waals surface area (Å²) in [7, 11) is 1.65. The zero-order valence-corrected chi connectivity index (χ0v) is 12.6. The van der Waals surface area contributed by atoms with Crippen LogP contribution in [0.25, 0.3) is 0 Å². The van der Waals surface area contributed by atoms with Gasteiger partial charge in [0.2, 0.25) is 0 Å². The number of methoxy groups -OCH3 is 1. The number of halogens is 2. The zero-order chi connectivity index (χ0) is 13.1. The summed E-state index contributed by atoms with van der Waals surface area (Å²) >= 11 is 10.0. The van der Waals surface area contributed by atoms with Gasteiger partial charge < -0.3 is 4.74 Å². The first-order valence-electron chi connectivity index (χ1n) is 5.66. The Kier molecular flexibility index (Phi) is 4.31. The predicted molar refractivity (Wildman–Crippen MR) is 79.6 cm³/mol. The van der Waals surface area contributed by atoms with Gasteiger partial charge in [-0.15, -0.1) is 11.6 Å². The van der Waals surface area contributed by atoms with Crippen molar-refractivity contribution in [2.24, 2.45) is 0 Å². The first kappa shape index (κ1) is 13.4. The van der Waals surface area contributed by atoms with Crippen LogP contribution in [0, 0.1) is 6.92 Å². The Bertz CT molecular complexity index is 537. The van der Waals surface area contributed by atoms with Gasteiger partial charge >= 0.3 is 0 Å². The van der Waals surface area contributed by atoms with E-state index in [1.54, 1.807) is 7.11 Å². The van der Waals surface area contributed by atoms with E-state index in [1.165, 1.54) is 5.56 Å². The quantitative estimate of drug-likeness (QED) is 0.714. The van der Waals surface area contributed by atoms with Crippen LogP contribution in [0.4, 0.5) is 0 Å². The lowest BCUT2D eigenvalue weighted by atomic mass is 10.0. The number of benzene rings is 2. The second kappa shape index (κ2) is 5.77. The van der Waals surface area contributed by atoms with E-state index in [0.717, 1.165) is 21.3 Å². The van der Waals surface area contributed by atoms with Crippen molar-refractivity contribution in [1.29, 1.82) is 0 Å². The van der Waals surface area contributed by atoms with Crippen LogP contribution >= 0.6 is 27.5 Å². The highest BCUT2D eigenvalue weighted by molar-refractivity contribution is 9.10. The van der Waals surface area contributed by atoms with E-state index in [0.29, 0.717) is 0 Å². The lowest BCUT2D eigenvalue weighted by molar-refractivity contribution is 0.414. The van der Waals surface area contributed by atoms with Crippen molar-refractivity contribution in [3.8, 4) is 5.75 Å². The Morgan fingerprint density at radius 3 is 2.33 bits per heavy atom. The topological polar surface area (TPSA) is 9.23 Å². The van der Waals surface area contributed by atoms with Crippen LogP contribution in [0.1, 0.15) is 22.1 Å². The molecule has 0 spiro atoms. The van der Waals surface area contributed by atoms with Crippen LogP contribution < -0.4 is 4.74 Å². The number of alkyl halides is 1. The molecule has 1 unspecified atom stereocenters. The van der Waals surface area contributed by atoms with Crippen molar-refractivity contribution in [3.05, 3.63) is 63.6 Å². The summed E-state index contributed by atoms with van der Waals surface area (Å²) in [6.45, 7) is 2.07. The van der Waals surface area contributed by atoms with Gasteiger partial charge in [-0.2, -0.15) is 0 Å². The van der Waals surface area contributed by atoms with Crippen LogP contribution in [-0.4, -0.2) is 7.11 Å². The van der Waals surface area contributed by atoms with Crippen LogP contribution in [0.15, 0.2) is 46.9 Å². The Labute approximate surface area is 121 Å². The second-order valence-corrected chi connectivity index (χ2v) is 5.45. The molecule has 0 fully saturated rings. The number of aryl methyl sites for hydroxylation is 1. The third-order valence-corrected chi connectivity index (χ3v) is 4.02. The molecule has 0 saturated heterocycles. The second-order valence-electron chi connectivity index (χ2n) is 4.16. The molecule has 0 bridgehead atoms. The lowest BCUT2D eigenvalue weighted by Crippen LogP contribution is -1.95. The summed E-state index contributed by atoms with van der Waals surface area (Å²) in [5.74, 6) is 0.818. The molecule has 0 heterocycles. The van der Waals surface area contributed by atoms with E-state index in [9.17, 15) is 0 Å². The summed E-state index contributed by atoms with van der Waals surface area (Å²) < 4.78 is 6.14. The van der Waals surface area contributed by atoms with Gasteiger partial charge in [0, 0.05) is 4.47 Å². The molecular weight excluding hydrogens is 312 g/mol. The summed E-state index contributed by atoms with van der Waals surface area (Å²) in [6.07, 6.45) is 0. The Balaban J connectivity index is 2.33. The van der Waals surface area contributed by atoms with Gasteiger partial charge in [0.1, 0.15) is 5.75 Å². The molecule has 3 heteroatoms. The van der Waals surface area contributed by atoms with E-state index < -0.39 is 0 Å². The fraction of sp³-hybridized carbons (Fsp3) is 0.200. The van der Waals surface area contributed by atoms with Gasteiger partial charge in [-0.1, -0.05) is 51.8 Å². The Hall–Kier alpha value is -0.990. The average molecular weight is 326 g/mol. The molecule has 0 aliphatic carbocycles. The van der Waals surface area contributed by atoms with Crippen LogP contribution in [0.2, 0.25) is 0 Å². The van der Waals surface area contributed by atoms with Gasteiger partial charge in [0.05, 0.1) is 12.5 Å². The molecule has 0 saturated carbocycles. The summed E-state index contributed by atoms with van der Waals surface area (Å²) in [5, 5.41) is -0.161. The van der Waals surface area contributed by atoms with Gasteiger partial charge in [-0.3, -0.25) is 0 Å². The first-order chi connectivity index (χ1) is 8.61. The first-order valence-corrected chi connectivity index (χ1v) is 6.89. The average Bonchev–Trinajstić information content (AvgIpc) is 2.38. The largest absolute Gasteiger partial charge is 0.497 e. The highest BCUT2D eigenvalue weighted by Crippen LogP contribution is 2.35. The molecular formula is C15H14BrClO. The van der Waals surface area contributed by atoms with Crippen LogP contribution in [0.5, 0.6) is 5.75 Å². The minimum atomic E-state index is -0.161. The molecule has 2 aromatic carbocycles. The van der Waals surface area contributed by atoms with Gasteiger partial charge in [0.25, 0.3) is 0 Å². The molecule has 1 atom stereocenters. The predicted octanol–water partition coefficient (Wildman–Crippen LogP) is 5.09. The molecule has 2 rings (SSSR count). The van der Waals surface area contributed by atoms with E-state index in [2.05, 4.69) is 47.1 Å². The van der Waals surface area contributed by atoms with Crippen molar-refractivity contribution in [2.45, 2.75) is 12.3 Å². The standard InChI is InChI=1S/C15H14BrClO/c1-10-3-5-11(6-4-10)15(17)13-8-7-12(18-2)9-14(13)16/h3-9,15H,1-2H3. The monoisotopic (exact) mass is 324 g/mol. The molecule has 94 valence electrons. The van der Waals surface area contributed by atoms with Crippen molar-refractivity contribution >= 4 is 27.5 Å². The van der Waals surface area contributed by atoms with Crippen LogP contribution in [-0.2, 0) is 0 Å². The van der Waals surface area contributed by atoms with Gasteiger partial charge in [-0.25, -0.2) is 0 Å². The highest BCUT2D eigenvalue weighted by atomic mass is 79.9. The SMILES string of the molecule is COc1ccc(C(Cl)c2ccc(C)cc2)c(Br)c1. The third-order valence-electron chi connectivity index (χ3n) is 2.85. The molecule has 0 aromatic heterocycles. The number of hydrogen-bond donors (Lipinski definition) is 0. The molecule has 0 aliphatic heterocycles. The number of hydrogen-bond acceptors (Lipinski definition) is 1. The van der Waals surface area contributed by atoms with Crippen LogP contribution in [0.3, 0.4) is 0 Å². The van der Waals surface area contributed by atoms with E-state index >= 15 is 0 Å². The van der Waals surface area contributed by atoms with E-state index in [1.807, 2.05) is 18.2 Å². The highest BCUT2D eigenvalue weighted by Gasteiger charge is 2.14. The maximum absolute atomic E-state index is 6.51. The maximum atomic E-state index is 6.51. The normalized spacial score (nSPS) is 12.2. The summed E-state index contributed by atoms with van der Waals surface area (Å²) in [5.41, 5.74) is 3.37. The third kappa shape index (κ3) is 2.88. The lowest BCUT2D eigenvalue weighted by Gasteiger charge is -2.13. The van der Waals surface area contributed by atoms with E-state index in [-0.39, 0.29) is 5.38 Å². The minimum absolute atomic E-state index is 0.161. The van der Waals surface area contributed by atoms with E-state index in [4.69, 9.17) is 16.3 Å². The molecule has 0 radical (unpaired) electrons. The molecule has 1 nitrogen and oxygen atoms in total.